The Morgan fingerprint density at radius 3 is 2.12 bits per heavy atom. The molecule has 2 fully saturated rings. The van der Waals surface area contributed by atoms with E-state index in [9.17, 15) is 50.8 Å². The first-order valence-electron chi connectivity index (χ1n) is 16.1. The Labute approximate surface area is 295 Å². The van der Waals surface area contributed by atoms with Crippen LogP contribution >= 0.6 is 0 Å². The maximum absolute atomic E-state index is 12.5. The van der Waals surface area contributed by atoms with Gasteiger partial charge in [-0.05, 0) is 55.0 Å². The molecule has 2 aliphatic rings. The molecular weight excluding hydrogens is 688 g/mol. The zero-order chi connectivity index (χ0) is 37.3. The van der Waals surface area contributed by atoms with Crippen LogP contribution in [0.3, 0.4) is 0 Å². The fourth-order valence-electron chi connectivity index (χ4n) is 5.78. The number of rotatable bonds is 9. The van der Waals surface area contributed by atoms with E-state index in [0.29, 0.717) is 11.1 Å². The van der Waals surface area contributed by atoms with Gasteiger partial charge in [0, 0.05) is 18.2 Å². The van der Waals surface area contributed by atoms with Crippen molar-refractivity contribution in [1.29, 1.82) is 0 Å². The van der Waals surface area contributed by atoms with E-state index in [2.05, 4.69) is 0 Å². The Bertz CT molecular complexity index is 1900. The molecule has 3 aromatic carbocycles. The van der Waals surface area contributed by atoms with Crippen molar-refractivity contribution in [2.45, 2.75) is 68.3 Å². The van der Waals surface area contributed by atoms with Crippen molar-refractivity contribution in [3.63, 3.8) is 0 Å². The van der Waals surface area contributed by atoms with Crippen LogP contribution in [0.2, 0.25) is 0 Å². The Hall–Kier alpha value is -5.04. The number of carbonyl (C=O) groups is 1. The van der Waals surface area contributed by atoms with E-state index in [1.165, 1.54) is 61.5 Å². The van der Waals surface area contributed by atoms with E-state index in [4.69, 9.17) is 28.1 Å². The maximum atomic E-state index is 12.5. The van der Waals surface area contributed by atoms with Gasteiger partial charge in [-0.25, -0.2) is 9.21 Å². The molecule has 0 bridgehead atoms. The molecule has 0 spiro atoms. The minimum absolute atomic E-state index is 0.0227. The third-order valence-corrected chi connectivity index (χ3v) is 8.62. The zero-order valence-electron chi connectivity index (χ0n) is 27.4. The number of hydrogen-bond acceptors (Lipinski definition) is 15. The highest BCUT2D eigenvalue weighted by Gasteiger charge is 2.49. The average molecular weight is 726 g/mol. The molecule has 6 rings (SSSR count). The Kier molecular flexibility index (Phi) is 10.8. The largest absolute Gasteiger partial charge is 0.508 e. The molecule has 276 valence electrons. The smallest absolute Gasteiger partial charge is 0.402 e. The predicted molar refractivity (Wildman–Crippen MR) is 178 cm³/mol. The predicted octanol–water partition coefficient (Wildman–Crippen LogP) is 1.50. The molecule has 16 heteroatoms. The maximum Gasteiger partial charge on any atom is 0.402 e. The second-order valence-corrected chi connectivity index (χ2v) is 12.3. The number of phenols is 4. The average Bonchev–Trinajstić information content (AvgIpc) is 3.11. The number of aliphatic hydroxyl groups excluding tert-OH is 5. The van der Waals surface area contributed by atoms with Gasteiger partial charge >= 0.3 is 17.3 Å². The van der Waals surface area contributed by atoms with Crippen LogP contribution in [0.15, 0.2) is 77.2 Å². The van der Waals surface area contributed by atoms with Crippen molar-refractivity contribution >= 4 is 23.0 Å². The molecule has 10 unspecified atom stereocenters. The second kappa shape index (κ2) is 15.3. The second-order valence-electron chi connectivity index (χ2n) is 12.3. The Morgan fingerprint density at radius 1 is 0.769 bits per heavy atom. The number of ether oxygens (including phenoxy) is 5. The van der Waals surface area contributed by atoms with Crippen molar-refractivity contribution in [3.8, 4) is 40.1 Å². The summed E-state index contributed by atoms with van der Waals surface area (Å²) in [5, 5.41) is 93.6. The molecule has 4 aromatic rings. The fraction of sp³-hybridized carbons (Fsp3) is 0.333. The summed E-state index contributed by atoms with van der Waals surface area (Å²) in [4.78, 5) is 12.5. The normalized spacial score (nSPS) is 29.3. The number of aliphatic hydroxyl groups is 5. The van der Waals surface area contributed by atoms with Gasteiger partial charge in [-0.15, -0.1) is 0 Å². The molecule has 0 saturated carbocycles. The Balaban J connectivity index is 1.14. The minimum Gasteiger partial charge on any atom is -0.508 e. The number of fused-ring (bicyclic) bond motifs is 1. The highest BCUT2D eigenvalue weighted by atomic mass is 16.7. The lowest BCUT2D eigenvalue weighted by molar-refractivity contribution is -0.319. The van der Waals surface area contributed by atoms with Gasteiger partial charge in [-0.3, -0.25) is 0 Å². The van der Waals surface area contributed by atoms with Crippen LogP contribution in [0.5, 0.6) is 28.7 Å². The number of benzene rings is 3. The van der Waals surface area contributed by atoms with E-state index in [0.717, 1.165) is 12.1 Å². The van der Waals surface area contributed by atoms with Crippen molar-refractivity contribution < 1.29 is 78.9 Å². The van der Waals surface area contributed by atoms with Crippen LogP contribution in [0.4, 0.5) is 0 Å². The summed E-state index contributed by atoms with van der Waals surface area (Å²) >= 11 is 0. The van der Waals surface area contributed by atoms with Gasteiger partial charge in [-0.2, -0.15) is 0 Å². The first kappa shape index (κ1) is 36.7. The summed E-state index contributed by atoms with van der Waals surface area (Å²) in [5.41, 5.74) is 1.03. The molecular formula is C36H37O16+. The number of esters is 1. The molecule has 2 aliphatic heterocycles. The van der Waals surface area contributed by atoms with E-state index >= 15 is 0 Å². The van der Waals surface area contributed by atoms with E-state index in [1.807, 2.05) is 0 Å². The number of phenolic OH excluding ortho intramolecular Hbond substituents is 4. The summed E-state index contributed by atoms with van der Waals surface area (Å²) < 4.78 is 34.4. The highest BCUT2D eigenvalue weighted by molar-refractivity contribution is 5.88. The molecule has 10 atom stereocenters. The fourth-order valence-corrected chi connectivity index (χ4v) is 5.78. The number of carbonyl (C=O) groups excluding carboxylic acids is 1. The van der Waals surface area contributed by atoms with Crippen LogP contribution in [-0.4, -0.2) is 120 Å². The molecule has 0 amide bonds. The van der Waals surface area contributed by atoms with E-state index in [1.54, 1.807) is 12.1 Å². The molecule has 0 radical (unpaired) electrons. The minimum atomic E-state index is -1.83. The monoisotopic (exact) mass is 725 g/mol. The topological polar surface area (TPSA) is 257 Å². The first-order chi connectivity index (χ1) is 24.8. The Morgan fingerprint density at radius 2 is 1.42 bits per heavy atom. The van der Waals surface area contributed by atoms with Gasteiger partial charge in [0.25, 0.3) is 0 Å². The molecule has 1 aromatic heterocycles. The molecule has 2 saturated heterocycles. The van der Waals surface area contributed by atoms with Crippen LogP contribution < -0.4 is 4.74 Å². The van der Waals surface area contributed by atoms with Crippen LogP contribution in [0.25, 0.3) is 28.4 Å². The summed E-state index contributed by atoms with van der Waals surface area (Å²) in [7, 11) is 0. The van der Waals surface area contributed by atoms with Gasteiger partial charge in [0.1, 0.15) is 65.0 Å². The molecule has 52 heavy (non-hydrogen) atoms. The summed E-state index contributed by atoms with van der Waals surface area (Å²) in [6.07, 6.45) is -13.1. The van der Waals surface area contributed by atoms with Gasteiger partial charge in [0.2, 0.25) is 12.0 Å². The molecule has 9 N–H and O–H groups in total. The van der Waals surface area contributed by atoms with Crippen LogP contribution in [-0.2, 0) is 23.7 Å². The van der Waals surface area contributed by atoms with Crippen LogP contribution in [0, 0.1) is 0 Å². The van der Waals surface area contributed by atoms with Gasteiger partial charge in [0.15, 0.2) is 12.4 Å². The first-order valence-corrected chi connectivity index (χ1v) is 16.1. The zero-order valence-corrected chi connectivity index (χ0v) is 27.4. The van der Waals surface area contributed by atoms with E-state index in [-0.39, 0.29) is 45.5 Å². The number of aromatic hydroxyl groups is 4. The van der Waals surface area contributed by atoms with Gasteiger partial charge < -0.3 is 69.6 Å². The van der Waals surface area contributed by atoms with Crippen molar-refractivity contribution in [2.75, 3.05) is 6.61 Å². The number of hydrogen-bond donors (Lipinski definition) is 9. The lowest BCUT2D eigenvalue weighted by atomic mass is 9.98. The van der Waals surface area contributed by atoms with Crippen LogP contribution in [0.1, 0.15) is 12.5 Å². The van der Waals surface area contributed by atoms with E-state index < -0.39 is 74.0 Å². The third kappa shape index (κ3) is 7.89. The summed E-state index contributed by atoms with van der Waals surface area (Å²) in [6.45, 7) is 0.918. The van der Waals surface area contributed by atoms with Crippen molar-refractivity contribution in [1.82, 2.24) is 0 Å². The quantitative estimate of drug-likeness (QED) is 0.0673. The highest BCUT2D eigenvalue weighted by Crippen LogP contribution is 2.41. The SMILES string of the molecule is CC1OC(OCC2OC(Oc3cc4c(O)cc(O)cc4[o+]c3-c3ccc(O)cc3)C(O)C(O)C2O)C(O)C(O)C1OC(=O)C=Cc1ccc(O)cc1. The lowest BCUT2D eigenvalue weighted by Crippen LogP contribution is -2.62. The molecule has 0 aliphatic carbocycles. The molecule has 3 heterocycles. The standard InChI is InChI=1S/C36H36O16/c1-16-33(52-27(41)11-4-17-2-7-19(37)8-3-17)30(44)32(46)35(48-16)47-15-26-28(42)29(43)31(45)36(51-26)50-25-14-22-23(40)12-21(39)13-24(22)49-34(25)18-5-9-20(38)10-6-18/h2-14,16,26,28-33,35-36,42-46H,15H2,1H3,(H3-,37,38,39,40,41)/p+1. The van der Waals surface area contributed by atoms with Crippen molar-refractivity contribution in [2.24, 2.45) is 0 Å². The molecule has 16 nitrogen and oxygen atoms in total. The third-order valence-electron chi connectivity index (χ3n) is 8.62. The van der Waals surface area contributed by atoms with Crippen molar-refractivity contribution in [3.05, 3.63) is 78.4 Å². The lowest BCUT2D eigenvalue weighted by Gasteiger charge is -2.42. The van der Waals surface area contributed by atoms with Gasteiger partial charge in [-0.1, -0.05) is 12.1 Å². The van der Waals surface area contributed by atoms with Gasteiger partial charge in [0.05, 0.1) is 24.3 Å². The summed E-state index contributed by atoms with van der Waals surface area (Å²) in [6, 6.07) is 15.4. The summed E-state index contributed by atoms with van der Waals surface area (Å²) in [5.74, 6) is -1.55.